The molecule has 1 unspecified atom stereocenters. The van der Waals surface area contributed by atoms with Crippen LogP contribution in [0.1, 0.15) is 58.7 Å². The second-order valence-corrected chi connectivity index (χ2v) is 9.86. The molecule has 1 aromatic heterocycles. The number of hydrogen-bond acceptors (Lipinski definition) is 2. The van der Waals surface area contributed by atoms with Gasteiger partial charge >= 0.3 is 0 Å². The lowest BCUT2D eigenvalue weighted by atomic mass is 9.85. The van der Waals surface area contributed by atoms with Crippen molar-refractivity contribution in [3.8, 4) is 11.1 Å². The third-order valence-corrected chi connectivity index (χ3v) is 7.14. The van der Waals surface area contributed by atoms with E-state index < -0.39 is 11.9 Å². The summed E-state index contributed by atoms with van der Waals surface area (Å²) >= 11 is 12.5. The molecule has 0 N–H and O–H groups in total. The maximum atomic E-state index is 15.5. The molecule has 2 aliphatic heterocycles. The van der Waals surface area contributed by atoms with Crippen molar-refractivity contribution in [3.05, 3.63) is 105 Å². The number of aromatic nitrogens is 2. The van der Waals surface area contributed by atoms with Crippen LogP contribution in [0.4, 0.5) is 10.1 Å². The zero-order valence-corrected chi connectivity index (χ0v) is 20.0. The van der Waals surface area contributed by atoms with Crippen LogP contribution in [0.5, 0.6) is 0 Å². The van der Waals surface area contributed by atoms with Crippen LogP contribution in [0.2, 0.25) is 10.0 Å². The molecule has 0 saturated carbocycles. The third-order valence-electron chi connectivity index (χ3n) is 6.61. The predicted octanol–water partition coefficient (Wildman–Crippen LogP) is 7.23. The molecule has 7 heteroatoms. The van der Waals surface area contributed by atoms with Crippen molar-refractivity contribution in [3.63, 3.8) is 0 Å². The van der Waals surface area contributed by atoms with E-state index in [1.165, 1.54) is 11.0 Å². The SMILES string of the molecule is CC(C)c1c2c(nn1Cc1ccccc1)C(=O)N1c3c(ccc(Cl)c3F)-c3cc(Cl)ccc3C21. The number of amides is 1. The van der Waals surface area contributed by atoms with Crippen molar-refractivity contribution >= 4 is 34.8 Å². The van der Waals surface area contributed by atoms with Gasteiger partial charge in [-0.3, -0.25) is 14.4 Å². The van der Waals surface area contributed by atoms with Crippen LogP contribution >= 0.6 is 23.2 Å². The van der Waals surface area contributed by atoms with Crippen molar-refractivity contribution in [2.75, 3.05) is 4.90 Å². The van der Waals surface area contributed by atoms with Crippen LogP contribution in [0.25, 0.3) is 11.1 Å². The van der Waals surface area contributed by atoms with Gasteiger partial charge in [0.1, 0.15) is 0 Å². The minimum Gasteiger partial charge on any atom is -0.292 e. The zero-order valence-electron chi connectivity index (χ0n) is 18.5. The minimum absolute atomic E-state index is 0.0291. The summed E-state index contributed by atoms with van der Waals surface area (Å²) in [6.45, 7) is 4.72. The van der Waals surface area contributed by atoms with E-state index in [1.54, 1.807) is 6.07 Å². The molecule has 34 heavy (non-hydrogen) atoms. The van der Waals surface area contributed by atoms with Crippen molar-refractivity contribution < 1.29 is 9.18 Å². The Bertz CT molecular complexity index is 1480. The Morgan fingerprint density at radius 3 is 2.53 bits per heavy atom. The molecule has 4 aromatic rings. The number of halogens is 3. The topological polar surface area (TPSA) is 38.1 Å². The first-order valence-electron chi connectivity index (χ1n) is 11.1. The zero-order chi connectivity index (χ0) is 23.7. The van der Waals surface area contributed by atoms with Crippen LogP contribution < -0.4 is 4.90 Å². The summed E-state index contributed by atoms with van der Waals surface area (Å²) in [5, 5.41) is 5.29. The fourth-order valence-corrected chi connectivity index (χ4v) is 5.61. The summed E-state index contributed by atoms with van der Waals surface area (Å²) in [6.07, 6.45) is 0. The van der Waals surface area contributed by atoms with E-state index in [-0.39, 0.29) is 22.5 Å². The first kappa shape index (κ1) is 21.4. The van der Waals surface area contributed by atoms with Gasteiger partial charge < -0.3 is 0 Å². The second-order valence-electron chi connectivity index (χ2n) is 9.01. The van der Waals surface area contributed by atoms with Crippen LogP contribution in [0.3, 0.4) is 0 Å². The Labute approximate surface area is 206 Å². The molecular formula is C27H20Cl2FN3O. The Morgan fingerprint density at radius 1 is 1.03 bits per heavy atom. The van der Waals surface area contributed by atoms with Gasteiger partial charge in [-0.05, 0) is 40.8 Å². The molecule has 0 fully saturated rings. The number of nitrogens with zero attached hydrogens (tertiary/aromatic N) is 3. The molecule has 1 atom stereocenters. The number of anilines is 1. The van der Waals surface area contributed by atoms with E-state index in [0.29, 0.717) is 22.8 Å². The van der Waals surface area contributed by atoms with Crippen LogP contribution in [0.15, 0.2) is 60.7 Å². The molecule has 3 aromatic carbocycles. The van der Waals surface area contributed by atoms with Gasteiger partial charge in [0.15, 0.2) is 11.5 Å². The van der Waals surface area contributed by atoms with Crippen LogP contribution in [-0.2, 0) is 6.54 Å². The third kappa shape index (κ3) is 2.97. The monoisotopic (exact) mass is 491 g/mol. The van der Waals surface area contributed by atoms with E-state index in [9.17, 15) is 4.79 Å². The summed E-state index contributed by atoms with van der Waals surface area (Å²) in [7, 11) is 0. The summed E-state index contributed by atoms with van der Waals surface area (Å²) < 4.78 is 17.4. The molecule has 2 aliphatic rings. The summed E-state index contributed by atoms with van der Waals surface area (Å²) in [4.78, 5) is 15.3. The molecule has 0 bridgehead atoms. The first-order chi connectivity index (χ1) is 16.4. The maximum Gasteiger partial charge on any atom is 0.280 e. The number of carbonyl (C=O) groups excluding carboxylic acids is 1. The first-order valence-corrected chi connectivity index (χ1v) is 11.9. The van der Waals surface area contributed by atoms with Gasteiger partial charge in [-0.25, -0.2) is 4.39 Å². The molecule has 3 heterocycles. The second kappa shape index (κ2) is 7.69. The van der Waals surface area contributed by atoms with E-state index in [1.807, 2.05) is 53.2 Å². The smallest absolute Gasteiger partial charge is 0.280 e. The van der Waals surface area contributed by atoms with Gasteiger partial charge in [0.2, 0.25) is 0 Å². The molecule has 4 nitrogen and oxygen atoms in total. The lowest BCUT2D eigenvalue weighted by Crippen LogP contribution is -2.34. The fourth-order valence-electron chi connectivity index (χ4n) is 5.28. The Kier molecular flexibility index (Phi) is 4.84. The quantitative estimate of drug-likeness (QED) is 0.303. The van der Waals surface area contributed by atoms with Gasteiger partial charge in [-0.2, -0.15) is 5.10 Å². The Hall–Kier alpha value is -3.15. The maximum absolute atomic E-state index is 15.5. The van der Waals surface area contributed by atoms with Gasteiger partial charge in [-0.15, -0.1) is 0 Å². The number of benzene rings is 3. The van der Waals surface area contributed by atoms with Crippen LogP contribution in [-0.4, -0.2) is 15.7 Å². The van der Waals surface area contributed by atoms with Crippen LogP contribution in [0, 0.1) is 5.82 Å². The van der Waals surface area contributed by atoms with Crippen molar-refractivity contribution in [1.82, 2.24) is 9.78 Å². The molecule has 1 amide bonds. The van der Waals surface area contributed by atoms with Crippen molar-refractivity contribution in [2.45, 2.75) is 32.4 Å². The largest absolute Gasteiger partial charge is 0.292 e. The lowest BCUT2D eigenvalue weighted by Gasteiger charge is -2.35. The fraction of sp³-hybridized carbons (Fsp3) is 0.185. The minimum atomic E-state index is -0.614. The van der Waals surface area contributed by atoms with Gasteiger partial charge in [0.25, 0.3) is 5.91 Å². The molecule has 0 radical (unpaired) electrons. The van der Waals surface area contributed by atoms with E-state index in [0.717, 1.165) is 27.9 Å². The number of rotatable bonds is 3. The average molecular weight is 492 g/mol. The highest BCUT2D eigenvalue weighted by Gasteiger charge is 2.49. The van der Waals surface area contributed by atoms with E-state index in [4.69, 9.17) is 28.3 Å². The Balaban J connectivity index is 1.62. The number of fused-ring (bicyclic) bond motifs is 8. The molecule has 170 valence electrons. The van der Waals surface area contributed by atoms with Crippen molar-refractivity contribution in [1.29, 1.82) is 0 Å². The predicted molar refractivity (Wildman–Crippen MR) is 132 cm³/mol. The number of hydrogen-bond donors (Lipinski definition) is 0. The Morgan fingerprint density at radius 2 is 1.79 bits per heavy atom. The van der Waals surface area contributed by atoms with Gasteiger partial charge in [-0.1, -0.05) is 79.5 Å². The summed E-state index contributed by atoms with van der Waals surface area (Å²) in [6, 6.07) is 18.3. The molecule has 0 aliphatic carbocycles. The lowest BCUT2D eigenvalue weighted by molar-refractivity contribution is 0.0986. The average Bonchev–Trinajstić information content (AvgIpc) is 3.31. The molecule has 0 spiro atoms. The highest BCUT2D eigenvalue weighted by Crippen LogP contribution is 2.55. The normalized spacial score (nSPS) is 15.9. The standard InChI is InChI=1S/C27H20Cl2FN3O/c1-14(2)24-21-23(31-32(24)13-15-6-4-3-5-7-15)27(34)33-25(21)17-9-8-16(28)12-19(17)18-10-11-20(29)22(30)26(18)33/h3-12,14,25H,13H2,1-2H3. The number of carbonyl (C=O) groups is 1. The summed E-state index contributed by atoms with van der Waals surface area (Å²) in [5.41, 5.74) is 5.71. The van der Waals surface area contributed by atoms with Gasteiger partial charge in [0, 0.05) is 21.8 Å². The summed E-state index contributed by atoms with van der Waals surface area (Å²) in [5.74, 6) is -0.845. The molecule has 6 rings (SSSR count). The van der Waals surface area contributed by atoms with E-state index in [2.05, 4.69) is 13.8 Å². The molecule has 0 saturated heterocycles. The van der Waals surface area contributed by atoms with Crippen molar-refractivity contribution in [2.24, 2.45) is 0 Å². The van der Waals surface area contributed by atoms with Gasteiger partial charge in [0.05, 0.1) is 23.3 Å². The highest BCUT2D eigenvalue weighted by atomic mass is 35.5. The molecular weight excluding hydrogens is 472 g/mol. The van der Waals surface area contributed by atoms with E-state index >= 15 is 4.39 Å². The highest BCUT2D eigenvalue weighted by molar-refractivity contribution is 6.32.